The Morgan fingerprint density at radius 3 is 2.50 bits per heavy atom. The summed E-state index contributed by atoms with van der Waals surface area (Å²) in [5.41, 5.74) is 5.34. The van der Waals surface area contributed by atoms with E-state index >= 15 is 0 Å². The van der Waals surface area contributed by atoms with Crippen molar-refractivity contribution in [2.45, 2.75) is 59.8 Å². The number of hydrogen-bond donors (Lipinski definition) is 1. The highest BCUT2D eigenvalue weighted by Crippen LogP contribution is 2.20. The van der Waals surface area contributed by atoms with E-state index in [-0.39, 0.29) is 5.91 Å². The van der Waals surface area contributed by atoms with Gasteiger partial charge in [0, 0.05) is 6.42 Å². The predicted octanol–water partition coefficient (Wildman–Crippen LogP) is 5.76. The van der Waals surface area contributed by atoms with Crippen molar-refractivity contribution in [2.75, 3.05) is 5.32 Å². The smallest absolute Gasteiger partial charge is 0.225 e. The van der Waals surface area contributed by atoms with Crippen molar-refractivity contribution in [3.63, 3.8) is 0 Å². The SMILES string of the molecule is CC/C(=C\C=C(C)C)c1cnc(NC(=O)CCCc2ccccc2)c(CC)n1. The minimum atomic E-state index is -0.0107. The third kappa shape index (κ3) is 6.76. The molecule has 4 nitrogen and oxygen atoms in total. The molecular formula is C24H31N3O. The summed E-state index contributed by atoms with van der Waals surface area (Å²) in [6, 6.07) is 10.2. The average Bonchev–Trinajstić information content (AvgIpc) is 2.70. The lowest BCUT2D eigenvalue weighted by atomic mass is 10.1. The van der Waals surface area contributed by atoms with Crippen LogP contribution in [0.1, 0.15) is 63.9 Å². The summed E-state index contributed by atoms with van der Waals surface area (Å²) in [7, 11) is 0. The summed E-state index contributed by atoms with van der Waals surface area (Å²) in [4.78, 5) is 21.6. The van der Waals surface area contributed by atoms with Gasteiger partial charge in [-0.25, -0.2) is 9.97 Å². The molecule has 0 unspecified atom stereocenters. The Balaban J connectivity index is 2.02. The van der Waals surface area contributed by atoms with Gasteiger partial charge in [-0.1, -0.05) is 61.9 Å². The number of amides is 1. The van der Waals surface area contributed by atoms with Crippen molar-refractivity contribution in [3.8, 4) is 0 Å². The molecule has 0 radical (unpaired) electrons. The maximum Gasteiger partial charge on any atom is 0.225 e. The number of aromatic nitrogens is 2. The highest BCUT2D eigenvalue weighted by atomic mass is 16.1. The minimum Gasteiger partial charge on any atom is -0.309 e. The Hall–Kier alpha value is -2.75. The molecular weight excluding hydrogens is 346 g/mol. The lowest BCUT2D eigenvalue weighted by molar-refractivity contribution is -0.116. The van der Waals surface area contributed by atoms with Gasteiger partial charge in [0.05, 0.1) is 17.6 Å². The van der Waals surface area contributed by atoms with Crippen LogP contribution in [0.3, 0.4) is 0 Å². The Kier molecular flexibility index (Phi) is 8.60. The largest absolute Gasteiger partial charge is 0.309 e. The number of aryl methyl sites for hydroxylation is 2. The highest BCUT2D eigenvalue weighted by molar-refractivity contribution is 5.90. The first-order valence-electron chi connectivity index (χ1n) is 10.1. The van der Waals surface area contributed by atoms with Gasteiger partial charge in [0.1, 0.15) is 0 Å². The van der Waals surface area contributed by atoms with E-state index in [0.717, 1.165) is 42.6 Å². The molecule has 0 aliphatic rings. The van der Waals surface area contributed by atoms with Gasteiger partial charge in [0.25, 0.3) is 0 Å². The quantitative estimate of drug-likeness (QED) is 0.565. The predicted molar refractivity (Wildman–Crippen MR) is 117 cm³/mol. The Bertz CT molecular complexity index is 834. The van der Waals surface area contributed by atoms with Crippen molar-refractivity contribution < 1.29 is 4.79 Å². The third-order valence-corrected chi connectivity index (χ3v) is 4.48. The summed E-state index contributed by atoms with van der Waals surface area (Å²) < 4.78 is 0. The van der Waals surface area contributed by atoms with Crippen LogP contribution in [-0.2, 0) is 17.6 Å². The molecule has 148 valence electrons. The lowest BCUT2D eigenvalue weighted by Gasteiger charge is -2.11. The molecule has 1 heterocycles. The fourth-order valence-electron chi connectivity index (χ4n) is 2.88. The Morgan fingerprint density at radius 2 is 1.86 bits per heavy atom. The monoisotopic (exact) mass is 377 g/mol. The molecule has 0 bridgehead atoms. The number of benzene rings is 1. The summed E-state index contributed by atoms with van der Waals surface area (Å²) in [6.07, 6.45) is 9.74. The number of nitrogens with one attached hydrogen (secondary N) is 1. The number of nitrogens with zero attached hydrogens (tertiary/aromatic N) is 2. The van der Waals surface area contributed by atoms with Crippen molar-refractivity contribution in [1.29, 1.82) is 0 Å². The van der Waals surface area contributed by atoms with Gasteiger partial charge in [-0.3, -0.25) is 4.79 Å². The van der Waals surface area contributed by atoms with E-state index in [0.29, 0.717) is 12.2 Å². The molecule has 0 saturated carbocycles. The van der Waals surface area contributed by atoms with Crippen molar-refractivity contribution in [3.05, 3.63) is 71.2 Å². The summed E-state index contributed by atoms with van der Waals surface area (Å²) in [6.45, 7) is 8.29. The van der Waals surface area contributed by atoms with E-state index in [9.17, 15) is 4.79 Å². The van der Waals surface area contributed by atoms with Gasteiger partial charge < -0.3 is 5.32 Å². The molecule has 28 heavy (non-hydrogen) atoms. The number of rotatable bonds is 9. The van der Waals surface area contributed by atoms with Crippen molar-refractivity contribution in [1.82, 2.24) is 9.97 Å². The maximum atomic E-state index is 12.3. The van der Waals surface area contributed by atoms with Crippen LogP contribution < -0.4 is 5.32 Å². The molecule has 1 aromatic heterocycles. The molecule has 0 saturated heterocycles. The van der Waals surface area contributed by atoms with Gasteiger partial charge >= 0.3 is 0 Å². The van der Waals surface area contributed by atoms with Crippen LogP contribution >= 0.6 is 0 Å². The van der Waals surface area contributed by atoms with E-state index in [1.54, 1.807) is 6.20 Å². The molecule has 0 aliphatic heterocycles. The second-order valence-electron chi connectivity index (χ2n) is 7.08. The van der Waals surface area contributed by atoms with Crippen LogP contribution in [0.5, 0.6) is 0 Å². The third-order valence-electron chi connectivity index (χ3n) is 4.48. The number of carbonyl (C=O) groups is 1. The van der Waals surface area contributed by atoms with Crippen LogP contribution in [0, 0.1) is 0 Å². The Labute approximate surface area is 168 Å². The number of carbonyl (C=O) groups excluding carboxylic acids is 1. The Morgan fingerprint density at radius 1 is 1.11 bits per heavy atom. The second kappa shape index (κ2) is 11.2. The number of anilines is 1. The van der Waals surface area contributed by atoms with Gasteiger partial charge in [0.15, 0.2) is 5.82 Å². The fourth-order valence-corrected chi connectivity index (χ4v) is 2.88. The van der Waals surface area contributed by atoms with Crippen LogP contribution in [0.4, 0.5) is 5.82 Å². The van der Waals surface area contributed by atoms with Crippen LogP contribution in [0.2, 0.25) is 0 Å². The van der Waals surface area contributed by atoms with Crippen molar-refractivity contribution >= 4 is 17.3 Å². The van der Waals surface area contributed by atoms with Gasteiger partial charge in [0.2, 0.25) is 5.91 Å². The maximum absolute atomic E-state index is 12.3. The molecule has 0 spiro atoms. The molecule has 2 rings (SSSR count). The van der Waals surface area contributed by atoms with Crippen LogP contribution in [0.15, 0.2) is 54.3 Å². The zero-order valence-corrected chi connectivity index (χ0v) is 17.5. The normalized spacial score (nSPS) is 11.2. The van der Waals surface area contributed by atoms with E-state index in [1.807, 2.05) is 25.1 Å². The standard InChI is InChI=1S/C24H31N3O/c1-5-20(16-15-18(3)4)22-17-25-24(21(6-2)26-22)27-23(28)14-10-13-19-11-8-7-9-12-19/h7-9,11-12,15-17H,5-6,10,13-14H2,1-4H3,(H,25,27,28)/b20-16+. The van der Waals surface area contributed by atoms with Crippen LogP contribution in [0.25, 0.3) is 5.57 Å². The van der Waals surface area contributed by atoms with Crippen molar-refractivity contribution in [2.24, 2.45) is 0 Å². The van der Waals surface area contributed by atoms with Crippen LogP contribution in [-0.4, -0.2) is 15.9 Å². The van der Waals surface area contributed by atoms with E-state index in [2.05, 4.69) is 55.4 Å². The summed E-state index contributed by atoms with van der Waals surface area (Å²) in [5.74, 6) is 0.567. The molecule has 2 aromatic rings. The first kappa shape index (κ1) is 21.5. The molecule has 1 N–H and O–H groups in total. The first-order valence-corrected chi connectivity index (χ1v) is 10.1. The van der Waals surface area contributed by atoms with E-state index in [4.69, 9.17) is 4.98 Å². The zero-order valence-electron chi connectivity index (χ0n) is 17.5. The minimum absolute atomic E-state index is 0.0107. The molecule has 4 heteroatoms. The van der Waals surface area contributed by atoms with Gasteiger partial charge in [-0.15, -0.1) is 0 Å². The highest BCUT2D eigenvalue weighted by Gasteiger charge is 2.11. The van der Waals surface area contributed by atoms with E-state index < -0.39 is 0 Å². The van der Waals surface area contributed by atoms with Gasteiger partial charge in [-0.05, 0) is 50.7 Å². The summed E-state index contributed by atoms with van der Waals surface area (Å²) in [5, 5.41) is 2.94. The fraction of sp³-hybridized carbons (Fsp3) is 0.375. The molecule has 0 aliphatic carbocycles. The van der Waals surface area contributed by atoms with Gasteiger partial charge in [-0.2, -0.15) is 0 Å². The molecule has 1 aromatic carbocycles. The molecule has 1 amide bonds. The van der Waals surface area contributed by atoms with E-state index in [1.165, 1.54) is 11.1 Å². The first-order chi connectivity index (χ1) is 13.5. The average molecular weight is 378 g/mol. The lowest BCUT2D eigenvalue weighted by Crippen LogP contribution is -2.15. The second-order valence-corrected chi connectivity index (χ2v) is 7.08. The molecule has 0 atom stereocenters. The number of hydrogen-bond acceptors (Lipinski definition) is 3. The summed E-state index contributed by atoms with van der Waals surface area (Å²) >= 11 is 0. The topological polar surface area (TPSA) is 54.9 Å². The number of allylic oxidation sites excluding steroid dienone is 4. The molecule has 0 fully saturated rings. The zero-order chi connectivity index (χ0) is 20.4.